The molecule has 0 aliphatic heterocycles. The molecule has 0 aromatic heterocycles. The summed E-state index contributed by atoms with van der Waals surface area (Å²) in [7, 11) is 0. The predicted molar refractivity (Wildman–Crippen MR) is 71.8 cm³/mol. The molecule has 0 saturated heterocycles. The Kier molecular flexibility index (Phi) is 5.82. The molecule has 1 aromatic carbocycles. The number of carbonyl (C=O) groups is 1. The molecule has 0 heterocycles. The predicted octanol–water partition coefficient (Wildman–Crippen LogP) is 1.48. The van der Waals surface area contributed by atoms with E-state index in [1.807, 2.05) is 31.2 Å². The molecule has 1 amide bonds. The van der Waals surface area contributed by atoms with Gasteiger partial charge in [-0.1, -0.05) is 37.6 Å². The Morgan fingerprint density at radius 1 is 1.39 bits per heavy atom. The Morgan fingerprint density at radius 3 is 2.50 bits per heavy atom. The van der Waals surface area contributed by atoms with Crippen molar-refractivity contribution in [3.8, 4) is 0 Å². The fourth-order valence-electron chi connectivity index (χ4n) is 1.68. The first kappa shape index (κ1) is 14.7. The zero-order valence-electron chi connectivity index (χ0n) is 11.0. The van der Waals surface area contributed by atoms with Gasteiger partial charge in [0.25, 0.3) is 0 Å². The van der Waals surface area contributed by atoms with Crippen molar-refractivity contribution in [3.05, 3.63) is 35.4 Å². The molecule has 1 aromatic rings. The van der Waals surface area contributed by atoms with Crippen molar-refractivity contribution in [1.29, 1.82) is 0 Å². The van der Waals surface area contributed by atoms with Crippen LogP contribution in [0.5, 0.6) is 0 Å². The standard InChI is InChI=1S/C14H22N2O2/c1-3-4-13(15)14(18)16-9-11-5-7-12(8-6-11)10(2)17/h5-8,10,13,17H,3-4,9,15H2,1-2H3,(H,16,18). The number of benzene rings is 1. The maximum Gasteiger partial charge on any atom is 0.237 e. The van der Waals surface area contributed by atoms with E-state index < -0.39 is 12.1 Å². The first-order valence-electron chi connectivity index (χ1n) is 6.34. The van der Waals surface area contributed by atoms with Crippen LogP contribution < -0.4 is 11.1 Å². The van der Waals surface area contributed by atoms with Gasteiger partial charge in [-0.15, -0.1) is 0 Å². The lowest BCUT2D eigenvalue weighted by atomic mass is 10.1. The lowest BCUT2D eigenvalue weighted by Gasteiger charge is -2.11. The molecule has 0 bridgehead atoms. The minimum atomic E-state index is -0.466. The fourth-order valence-corrected chi connectivity index (χ4v) is 1.68. The zero-order valence-corrected chi connectivity index (χ0v) is 11.0. The molecular weight excluding hydrogens is 228 g/mol. The van der Waals surface area contributed by atoms with E-state index in [4.69, 9.17) is 5.73 Å². The summed E-state index contributed by atoms with van der Waals surface area (Å²) >= 11 is 0. The second kappa shape index (κ2) is 7.13. The number of amides is 1. The smallest absolute Gasteiger partial charge is 0.237 e. The number of nitrogens with two attached hydrogens (primary N) is 1. The van der Waals surface area contributed by atoms with Gasteiger partial charge in [0, 0.05) is 6.54 Å². The highest BCUT2D eigenvalue weighted by Crippen LogP contribution is 2.12. The number of hydrogen-bond donors (Lipinski definition) is 3. The molecule has 0 aliphatic rings. The molecule has 2 atom stereocenters. The topological polar surface area (TPSA) is 75.4 Å². The van der Waals surface area contributed by atoms with E-state index >= 15 is 0 Å². The molecule has 4 nitrogen and oxygen atoms in total. The van der Waals surface area contributed by atoms with E-state index in [0.717, 1.165) is 17.5 Å². The van der Waals surface area contributed by atoms with Gasteiger partial charge in [0.15, 0.2) is 0 Å². The van der Waals surface area contributed by atoms with E-state index in [1.165, 1.54) is 0 Å². The van der Waals surface area contributed by atoms with Crippen molar-refractivity contribution < 1.29 is 9.90 Å². The van der Waals surface area contributed by atoms with Gasteiger partial charge in [-0.3, -0.25) is 4.79 Å². The van der Waals surface area contributed by atoms with Crippen LogP contribution in [0.1, 0.15) is 43.9 Å². The van der Waals surface area contributed by atoms with Gasteiger partial charge in [-0.2, -0.15) is 0 Å². The number of nitrogens with one attached hydrogen (secondary N) is 1. The Balaban J connectivity index is 2.46. The van der Waals surface area contributed by atoms with Crippen LogP contribution >= 0.6 is 0 Å². The highest BCUT2D eigenvalue weighted by Gasteiger charge is 2.11. The third-order valence-electron chi connectivity index (χ3n) is 2.87. The van der Waals surface area contributed by atoms with Crippen LogP contribution in [0, 0.1) is 0 Å². The highest BCUT2D eigenvalue weighted by atomic mass is 16.3. The Bertz CT molecular complexity index is 374. The highest BCUT2D eigenvalue weighted by molar-refractivity contribution is 5.81. The summed E-state index contributed by atoms with van der Waals surface area (Å²) in [4.78, 5) is 11.6. The maximum atomic E-state index is 11.6. The van der Waals surface area contributed by atoms with Gasteiger partial charge in [0.05, 0.1) is 12.1 Å². The van der Waals surface area contributed by atoms with Gasteiger partial charge >= 0.3 is 0 Å². The summed E-state index contributed by atoms with van der Waals surface area (Å²) in [5.41, 5.74) is 7.58. The second-order valence-electron chi connectivity index (χ2n) is 4.53. The van der Waals surface area contributed by atoms with Crippen molar-refractivity contribution in [2.24, 2.45) is 5.73 Å². The van der Waals surface area contributed by atoms with Crippen LogP contribution in [-0.4, -0.2) is 17.1 Å². The van der Waals surface area contributed by atoms with E-state index in [1.54, 1.807) is 6.92 Å². The molecular formula is C14H22N2O2. The first-order chi connectivity index (χ1) is 8.54. The summed E-state index contributed by atoms with van der Waals surface area (Å²) in [5, 5.41) is 12.2. The maximum absolute atomic E-state index is 11.6. The van der Waals surface area contributed by atoms with Gasteiger partial charge < -0.3 is 16.2 Å². The number of hydrogen-bond acceptors (Lipinski definition) is 3. The van der Waals surface area contributed by atoms with E-state index in [2.05, 4.69) is 5.32 Å². The van der Waals surface area contributed by atoms with E-state index in [-0.39, 0.29) is 5.91 Å². The molecule has 0 aliphatic carbocycles. The van der Waals surface area contributed by atoms with Crippen molar-refractivity contribution >= 4 is 5.91 Å². The molecule has 0 spiro atoms. The molecule has 4 N–H and O–H groups in total. The van der Waals surface area contributed by atoms with Crippen molar-refractivity contribution in [2.45, 2.75) is 45.4 Å². The zero-order chi connectivity index (χ0) is 13.5. The Hall–Kier alpha value is -1.39. The normalized spacial score (nSPS) is 14.0. The average molecular weight is 250 g/mol. The van der Waals surface area contributed by atoms with Crippen molar-refractivity contribution in [1.82, 2.24) is 5.32 Å². The van der Waals surface area contributed by atoms with Crippen LogP contribution in [0.25, 0.3) is 0 Å². The van der Waals surface area contributed by atoms with Crippen LogP contribution in [0.4, 0.5) is 0 Å². The van der Waals surface area contributed by atoms with E-state index in [0.29, 0.717) is 13.0 Å². The van der Waals surface area contributed by atoms with Gasteiger partial charge in [0.1, 0.15) is 0 Å². The van der Waals surface area contributed by atoms with Crippen molar-refractivity contribution in [2.75, 3.05) is 0 Å². The molecule has 2 unspecified atom stereocenters. The molecule has 100 valence electrons. The van der Waals surface area contributed by atoms with Crippen LogP contribution in [0.15, 0.2) is 24.3 Å². The van der Waals surface area contributed by atoms with Crippen LogP contribution in [0.2, 0.25) is 0 Å². The third kappa shape index (κ3) is 4.47. The average Bonchev–Trinajstić information content (AvgIpc) is 2.36. The van der Waals surface area contributed by atoms with Gasteiger partial charge in [0.2, 0.25) is 5.91 Å². The number of aliphatic hydroxyl groups is 1. The quantitative estimate of drug-likeness (QED) is 0.716. The molecule has 4 heteroatoms. The van der Waals surface area contributed by atoms with Crippen molar-refractivity contribution in [3.63, 3.8) is 0 Å². The number of rotatable bonds is 6. The Labute approximate surface area is 108 Å². The summed E-state index contributed by atoms with van der Waals surface area (Å²) in [5.74, 6) is -0.114. The number of aliphatic hydroxyl groups excluding tert-OH is 1. The molecule has 0 saturated carbocycles. The molecule has 18 heavy (non-hydrogen) atoms. The minimum Gasteiger partial charge on any atom is -0.389 e. The summed E-state index contributed by atoms with van der Waals surface area (Å²) in [6, 6.07) is 7.09. The SMILES string of the molecule is CCCC(N)C(=O)NCc1ccc(C(C)O)cc1. The first-order valence-corrected chi connectivity index (χ1v) is 6.34. The molecule has 1 rings (SSSR count). The molecule has 0 radical (unpaired) electrons. The van der Waals surface area contributed by atoms with Gasteiger partial charge in [-0.05, 0) is 24.5 Å². The molecule has 0 fully saturated rings. The largest absolute Gasteiger partial charge is 0.389 e. The lowest BCUT2D eigenvalue weighted by molar-refractivity contribution is -0.122. The Morgan fingerprint density at radius 2 is 2.00 bits per heavy atom. The second-order valence-corrected chi connectivity index (χ2v) is 4.53. The van der Waals surface area contributed by atoms with E-state index in [9.17, 15) is 9.90 Å². The lowest BCUT2D eigenvalue weighted by Crippen LogP contribution is -2.40. The monoisotopic (exact) mass is 250 g/mol. The summed E-state index contributed by atoms with van der Waals surface area (Å²) in [6.07, 6.45) is 1.14. The fraction of sp³-hybridized carbons (Fsp3) is 0.500. The summed E-state index contributed by atoms with van der Waals surface area (Å²) < 4.78 is 0. The van der Waals surface area contributed by atoms with Crippen LogP contribution in [-0.2, 0) is 11.3 Å². The number of carbonyl (C=O) groups excluding carboxylic acids is 1. The third-order valence-corrected chi connectivity index (χ3v) is 2.87. The van der Waals surface area contributed by atoms with Gasteiger partial charge in [-0.25, -0.2) is 0 Å². The van der Waals surface area contributed by atoms with Crippen LogP contribution in [0.3, 0.4) is 0 Å². The summed E-state index contributed by atoms with van der Waals surface area (Å²) in [6.45, 7) is 4.19. The minimum absolute atomic E-state index is 0.114.